The SMILES string of the molecule is COC(=O)C(=O)C1CCNCCN1C(=O)c1ccccc1. The van der Waals surface area contributed by atoms with E-state index in [1.54, 1.807) is 24.3 Å². The lowest BCUT2D eigenvalue weighted by Gasteiger charge is -2.27. The Kier molecular flexibility index (Phi) is 5.05. The molecule has 1 saturated heterocycles. The van der Waals surface area contributed by atoms with Gasteiger partial charge in [0.2, 0.25) is 0 Å². The number of hydrogen-bond donors (Lipinski definition) is 1. The monoisotopic (exact) mass is 290 g/mol. The highest BCUT2D eigenvalue weighted by atomic mass is 16.5. The van der Waals surface area contributed by atoms with Crippen molar-refractivity contribution >= 4 is 17.7 Å². The summed E-state index contributed by atoms with van der Waals surface area (Å²) in [6.07, 6.45) is 0.395. The molecule has 1 heterocycles. The Morgan fingerprint density at radius 3 is 2.57 bits per heavy atom. The van der Waals surface area contributed by atoms with Crippen LogP contribution in [0.4, 0.5) is 0 Å². The third-order valence-electron chi connectivity index (χ3n) is 3.47. The van der Waals surface area contributed by atoms with Crippen molar-refractivity contribution in [2.24, 2.45) is 0 Å². The number of Topliss-reactive ketones (excluding diaryl/α,β-unsaturated/α-hetero) is 1. The Morgan fingerprint density at radius 1 is 1.19 bits per heavy atom. The fourth-order valence-electron chi connectivity index (χ4n) is 2.37. The van der Waals surface area contributed by atoms with E-state index < -0.39 is 17.8 Å². The number of methoxy groups -OCH3 is 1. The third kappa shape index (κ3) is 3.46. The number of ether oxygens (including phenoxy) is 1. The van der Waals surface area contributed by atoms with Gasteiger partial charge in [0.1, 0.15) is 6.04 Å². The van der Waals surface area contributed by atoms with Gasteiger partial charge in [0.15, 0.2) is 0 Å². The van der Waals surface area contributed by atoms with Gasteiger partial charge < -0.3 is 15.0 Å². The molecule has 1 N–H and O–H groups in total. The van der Waals surface area contributed by atoms with E-state index in [2.05, 4.69) is 10.1 Å². The Hall–Kier alpha value is -2.21. The minimum absolute atomic E-state index is 0.249. The van der Waals surface area contributed by atoms with Crippen LogP contribution in [0.1, 0.15) is 16.8 Å². The summed E-state index contributed by atoms with van der Waals surface area (Å²) in [5.41, 5.74) is 0.502. The van der Waals surface area contributed by atoms with E-state index in [9.17, 15) is 14.4 Å². The number of hydrogen-bond acceptors (Lipinski definition) is 5. The van der Waals surface area contributed by atoms with Gasteiger partial charge in [-0.05, 0) is 25.1 Å². The van der Waals surface area contributed by atoms with Gasteiger partial charge in [-0.25, -0.2) is 4.79 Å². The van der Waals surface area contributed by atoms with Crippen molar-refractivity contribution in [2.45, 2.75) is 12.5 Å². The maximum Gasteiger partial charge on any atom is 0.376 e. The minimum atomic E-state index is -0.909. The van der Waals surface area contributed by atoms with Crippen LogP contribution in [-0.4, -0.2) is 55.3 Å². The second kappa shape index (κ2) is 6.99. The minimum Gasteiger partial charge on any atom is -0.463 e. The van der Waals surface area contributed by atoms with Gasteiger partial charge in [0.05, 0.1) is 7.11 Å². The quantitative estimate of drug-likeness (QED) is 0.637. The first-order chi connectivity index (χ1) is 10.1. The second-order valence-electron chi connectivity index (χ2n) is 4.77. The molecule has 1 aromatic rings. The van der Waals surface area contributed by atoms with Gasteiger partial charge in [0.25, 0.3) is 11.7 Å². The third-order valence-corrected chi connectivity index (χ3v) is 3.47. The number of amides is 1. The summed E-state index contributed by atoms with van der Waals surface area (Å²) >= 11 is 0. The van der Waals surface area contributed by atoms with Gasteiger partial charge in [0, 0.05) is 18.7 Å². The molecular formula is C15H18N2O4. The van der Waals surface area contributed by atoms with Crippen molar-refractivity contribution in [1.82, 2.24) is 10.2 Å². The van der Waals surface area contributed by atoms with E-state index in [-0.39, 0.29) is 5.91 Å². The molecule has 0 bridgehead atoms. The molecule has 0 spiro atoms. The zero-order valence-electron chi connectivity index (χ0n) is 11.9. The van der Waals surface area contributed by atoms with Crippen LogP contribution in [0.2, 0.25) is 0 Å². The average Bonchev–Trinajstić information content (AvgIpc) is 2.79. The van der Waals surface area contributed by atoms with Gasteiger partial charge >= 0.3 is 5.97 Å². The molecule has 6 nitrogen and oxygen atoms in total. The normalized spacial score (nSPS) is 18.7. The van der Waals surface area contributed by atoms with Crippen LogP contribution in [0.15, 0.2) is 30.3 Å². The van der Waals surface area contributed by atoms with Crippen molar-refractivity contribution in [3.8, 4) is 0 Å². The van der Waals surface area contributed by atoms with E-state index in [4.69, 9.17) is 0 Å². The predicted octanol–water partition coefficient (Wildman–Crippen LogP) is 0.233. The van der Waals surface area contributed by atoms with Crippen molar-refractivity contribution in [3.05, 3.63) is 35.9 Å². The van der Waals surface area contributed by atoms with Crippen LogP contribution in [0, 0.1) is 0 Å². The summed E-state index contributed by atoms with van der Waals surface area (Å²) in [5.74, 6) is -1.83. The molecule has 0 aliphatic carbocycles. The molecule has 112 valence electrons. The smallest absolute Gasteiger partial charge is 0.376 e. The molecule has 1 aliphatic rings. The van der Waals surface area contributed by atoms with E-state index >= 15 is 0 Å². The lowest BCUT2D eigenvalue weighted by Crippen LogP contribution is -2.48. The standard InChI is InChI=1S/C15H18N2O4/c1-21-15(20)13(18)12-7-8-16-9-10-17(12)14(19)11-5-3-2-4-6-11/h2-6,12,16H,7-10H2,1H3. The fourth-order valence-corrected chi connectivity index (χ4v) is 2.37. The van der Waals surface area contributed by atoms with Crippen molar-refractivity contribution in [3.63, 3.8) is 0 Å². The summed E-state index contributed by atoms with van der Waals surface area (Å²) in [4.78, 5) is 37.7. The number of benzene rings is 1. The van der Waals surface area contributed by atoms with Gasteiger partial charge in [-0.15, -0.1) is 0 Å². The summed E-state index contributed by atoms with van der Waals surface area (Å²) in [5, 5.41) is 3.13. The zero-order chi connectivity index (χ0) is 15.2. The molecule has 1 aromatic carbocycles. The summed E-state index contributed by atoms with van der Waals surface area (Å²) in [7, 11) is 1.17. The molecule has 6 heteroatoms. The summed E-state index contributed by atoms with van der Waals surface area (Å²) in [6.45, 7) is 1.54. The zero-order valence-corrected chi connectivity index (χ0v) is 11.9. The van der Waals surface area contributed by atoms with Crippen molar-refractivity contribution < 1.29 is 19.1 Å². The van der Waals surface area contributed by atoms with Crippen LogP contribution in [0.5, 0.6) is 0 Å². The molecule has 0 aromatic heterocycles. The number of rotatable bonds is 3. The first-order valence-electron chi connectivity index (χ1n) is 6.84. The molecule has 0 radical (unpaired) electrons. The van der Waals surface area contributed by atoms with Crippen LogP contribution in [-0.2, 0) is 14.3 Å². The maximum atomic E-state index is 12.6. The topological polar surface area (TPSA) is 75.7 Å². The van der Waals surface area contributed by atoms with Crippen LogP contribution >= 0.6 is 0 Å². The predicted molar refractivity (Wildman–Crippen MR) is 75.8 cm³/mol. The summed E-state index contributed by atoms with van der Waals surface area (Å²) in [6, 6.07) is 7.96. The van der Waals surface area contributed by atoms with E-state index in [0.717, 1.165) is 0 Å². The molecule has 1 fully saturated rings. The number of carbonyl (C=O) groups is 3. The molecule has 21 heavy (non-hydrogen) atoms. The average molecular weight is 290 g/mol. The molecule has 0 saturated carbocycles. The van der Waals surface area contributed by atoms with Gasteiger partial charge in [-0.1, -0.05) is 18.2 Å². The fraction of sp³-hybridized carbons (Fsp3) is 0.400. The Morgan fingerprint density at radius 2 is 1.90 bits per heavy atom. The van der Waals surface area contributed by atoms with Gasteiger partial charge in [-0.3, -0.25) is 9.59 Å². The Bertz CT molecular complexity index is 530. The van der Waals surface area contributed by atoms with E-state index in [0.29, 0.717) is 31.6 Å². The lowest BCUT2D eigenvalue weighted by molar-refractivity contribution is -0.153. The molecule has 1 amide bonds. The largest absolute Gasteiger partial charge is 0.463 e. The number of ketones is 1. The van der Waals surface area contributed by atoms with Crippen molar-refractivity contribution in [2.75, 3.05) is 26.7 Å². The van der Waals surface area contributed by atoms with Crippen molar-refractivity contribution in [1.29, 1.82) is 0 Å². The van der Waals surface area contributed by atoms with Crippen LogP contribution in [0.25, 0.3) is 0 Å². The molecular weight excluding hydrogens is 272 g/mol. The molecule has 1 atom stereocenters. The maximum absolute atomic E-state index is 12.6. The first kappa shape index (κ1) is 15.2. The van der Waals surface area contributed by atoms with E-state index in [1.165, 1.54) is 12.0 Å². The number of nitrogens with zero attached hydrogens (tertiary/aromatic N) is 1. The number of nitrogens with one attached hydrogen (secondary N) is 1. The van der Waals surface area contributed by atoms with E-state index in [1.807, 2.05) is 6.07 Å². The molecule has 1 unspecified atom stereocenters. The van der Waals surface area contributed by atoms with Crippen LogP contribution in [0.3, 0.4) is 0 Å². The van der Waals surface area contributed by atoms with Crippen LogP contribution < -0.4 is 5.32 Å². The lowest BCUT2D eigenvalue weighted by atomic mass is 10.1. The first-order valence-corrected chi connectivity index (χ1v) is 6.84. The molecule has 2 rings (SSSR count). The Labute approximate surface area is 123 Å². The highest BCUT2D eigenvalue weighted by Gasteiger charge is 2.35. The summed E-state index contributed by atoms with van der Waals surface area (Å²) < 4.78 is 4.49. The number of carbonyl (C=O) groups excluding carboxylic acids is 3. The second-order valence-corrected chi connectivity index (χ2v) is 4.77. The van der Waals surface area contributed by atoms with Gasteiger partial charge in [-0.2, -0.15) is 0 Å². The highest BCUT2D eigenvalue weighted by Crippen LogP contribution is 2.14. The number of esters is 1. The highest BCUT2D eigenvalue weighted by molar-refractivity contribution is 6.36. The Balaban J connectivity index is 2.25. The molecule has 1 aliphatic heterocycles.